The van der Waals surface area contributed by atoms with Crippen molar-refractivity contribution in [1.82, 2.24) is 0 Å². The molecule has 0 aromatic rings. The molecule has 2 aliphatic carbocycles. The maximum Gasteiger partial charge on any atom is 0.155 e. The van der Waals surface area contributed by atoms with E-state index in [1.165, 1.54) is 25.7 Å². The molecule has 2 nitrogen and oxygen atoms in total. The number of aliphatic hydroxyl groups is 1. The van der Waals surface area contributed by atoms with E-state index in [1.54, 1.807) is 0 Å². The van der Waals surface area contributed by atoms with Crippen molar-refractivity contribution in [3.8, 4) is 0 Å². The lowest BCUT2D eigenvalue weighted by molar-refractivity contribution is -0.181. The second-order valence-corrected chi connectivity index (χ2v) is 8.11. The molecular weight excluding hydrogens is 224 g/mol. The molecule has 3 fully saturated rings. The van der Waals surface area contributed by atoms with Gasteiger partial charge in [-0.15, -0.1) is 0 Å². The van der Waals surface area contributed by atoms with Crippen LogP contribution in [0.2, 0.25) is 0 Å². The molecule has 5 atom stereocenters. The number of fused-ring (bicyclic) bond motifs is 3. The monoisotopic (exact) mass is 252 g/mol. The molecule has 0 bridgehead atoms. The molecule has 1 N–H and O–H groups in total. The third kappa shape index (κ3) is 1.61. The van der Waals surface area contributed by atoms with Gasteiger partial charge in [0.2, 0.25) is 0 Å². The normalized spacial score (nSPS) is 54.8. The topological polar surface area (TPSA) is 29.5 Å². The van der Waals surface area contributed by atoms with Crippen LogP contribution in [0.1, 0.15) is 66.2 Å². The van der Waals surface area contributed by atoms with Crippen molar-refractivity contribution in [1.29, 1.82) is 0 Å². The molecule has 1 aliphatic heterocycles. The summed E-state index contributed by atoms with van der Waals surface area (Å²) in [6, 6.07) is 0. The van der Waals surface area contributed by atoms with E-state index in [-0.39, 0.29) is 5.60 Å². The predicted octanol–water partition coefficient (Wildman–Crippen LogP) is 3.73. The van der Waals surface area contributed by atoms with Crippen molar-refractivity contribution in [3.05, 3.63) is 0 Å². The highest BCUT2D eigenvalue weighted by Gasteiger charge is 2.61. The van der Waals surface area contributed by atoms with Gasteiger partial charge in [-0.25, -0.2) is 0 Å². The lowest BCUT2D eigenvalue weighted by Crippen LogP contribution is -2.55. The minimum Gasteiger partial charge on any atom is -0.368 e. The molecule has 4 unspecified atom stereocenters. The summed E-state index contributed by atoms with van der Waals surface area (Å²) in [5, 5.41) is 9.94. The Labute approximate surface area is 111 Å². The molecule has 2 heteroatoms. The van der Waals surface area contributed by atoms with Crippen LogP contribution in [0.4, 0.5) is 0 Å². The van der Waals surface area contributed by atoms with Gasteiger partial charge in [0.15, 0.2) is 6.29 Å². The number of ether oxygens (including phenoxy) is 1. The van der Waals surface area contributed by atoms with Crippen molar-refractivity contribution in [3.63, 3.8) is 0 Å². The molecule has 0 spiro atoms. The van der Waals surface area contributed by atoms with Gasteiger partial charge in [-0.1, -0.05) is 27.2 Å². The summed E-state index contributed by atoms with van der Waals surface area (Å²) < 4.78 is 5.89. The van der Waals surface area contributed by atoms with E-state index in [4.69, 9.17) is 4.74 Å². The molecule has 18 heavy (non-hydrogen) atoms. The first-order valence-electron chi connectivity index (χ1n) is 7.64. The molecule has 104 valence electrons. The van der Waals surface area contributed by atoms with Crippen molar-refractivity contribution in [2.24, 2.45) is 22.7 Å². The van der Waals surface area contributed by atoms with Crippen LogP contribution in [-0.2, 0) is 4.74 Å². The first kappa shape index (κ1) is 12.9. The minimum absolute atomic E-state index is 0.0713. The Hall–Kier alpha value is -0.0800. The predicted molar refractivity (Wildman–Crippen MR) is 72.1 cm³/mol. The molecular formula is C16H28O2. The zero-order valence-corrected chi connectivity index (χ0v) is 12.3. The summed E-state index contributed by atoms with van der Waals surface area (Å²) in [5.41, 5.74) is 0.756. The number of hydrogen-bond acceptors (Lipinski definition) is 2. The SMILES string of the molecule is CC1(C)CCC[C@@]2(C)C1CCC1(C)OC(O)CC12. The fourth-order valence-corrected chi connectivity index (χ4v) is 5.83. The molecule has 3 aliphatic rings. The van der Waals surface area contributed by atoms with Crippen LogP contribution in [0.3, 0.4) is 0 Å². The van der Waals surface area contributed by atoms with Gasteiger partial charge < -0.3 is 9.84 Å². The number of aliphatic hydroxyl groups excluding tert-OH is 1. The first-order chi connectivity index (χ1) is 8.28. The number of rotatable bonds is 0. The maximum absolute atomic E-state index is 9.94. The summed E-state index contributed by atoms with van der Waals surface area (Å²) in [6.45, 7) is 9.60. The van der Waals surface area contributed by atoms with Crippen LogP contribution in [0.25, 0.3) is 0 Å². The Morgan fingerprint density at radius 2 is 1.72 bits per heavy atom. The summed E-state index contributed by atoms with van der Waals surface area (Å²) >= 11 is 0. The van der Waals surface area contributed by atoms with Gasteiger partial charge in [0, 0.05) is 6.42 Å². The standard InChI is InChI=1S/C16H28O2/c1-14(2)7-5-8-15(3)11(14)6-9-16(4)12(15)10-13(17)18-16/h11-13,17H,5-10H2,1-4H3/t11?,12?,13?,15-,16?/m0/s1. The van der Waals surface area contributed by atoms with Gasteiger partial charge in [0.05, 0.1) is 5.60 Å². The third-order valence-corrected chi connectivity index (χ3v) is 6.58. The largest absolute Gasteiger partial charge is 0.368 e. The van der Waals surface area contributed by atoms with Gasteiger partial charge in [0.1, 0.15) is 0 Å². The van der Waals surface area contributed by atoms with Crippen molar-refractivity contribution < 1.29 is 9.84 Å². The molecule has 3 rings (SSSR count). The zero-order chi connectivity index (χ0) is 13.2. The summed E-state index contributed by atoms with van der Waals surface area (Å²) in [7, 11) is 0. The van der Waals surface area contributed by atoms with Crippen LogP contribution < -0.4 is 0 Å². The van der Waals surface area contributed by atoms with Crippen LogP contribution in [0.15, 0.2) is 0 Å². The molecule has 1 saturated heterocycles. The highest BCUT2D eigenvalue weighted by Crippen LogP contribution is 2.65. The molecule has 0 aromatic heterocycles. The maximum atomic E-state index is 9.94. The van der Waals surface area contributed by atoms with Crippen LogP contribution in [0, 0.1) is 22.7 Å². The second kappa shape index (κ2) is 3.73. The van der Waals surface area contributed by atoms with Crippen molar-refractivity contribution in [2.45, 2.75) is 78.1 Å². The molecule has 2 saturated carbocycles. The highest BCUT2D eigenvalue weighted by molar-refractivity contribution is 5.10. The van der Waals surface area contributed by atoms with E-state index < -0.39 is 6.29 Å². The van der Waals surface area contributed by atoms with Gasteiger partial charge in [-0.2, -0.15) is 0 Å². The fourth-order valence-electron chi connectivity index (χ4n) is 5.83. The minimum atomic E-state index is -0.527. The summed E-state index contributed by atoms with van der Waals surface area (Å²) in [5.74, 6) is 1.34. The Bertz CT molecular complexity index is 351. The third-order valence-electron chi connectivity index (χ3n) is 6.58. The lowest BCUT2D eigenvalue weighted by atomic mass is 9.45. The Kier molecular flexibility index (Phi) is 2.68. The smallest absolute Gasteiger partial charge is 0.155 e. The van der Waals surface area contributed by atoms with Gasteiger partial charge >= 0.3 is 0 Å². The fraction of sp³-hybridized carbons (Fsp3) is 1.00. The van der Waals surface area contributed by atoms with Gasteiger partial charge in [-0.05, 0) is 55.3 Å². The average molecular weight is 252 g/mol. The van der Waals surface area contributed by atoms with Crippen LogP contribution in [-0.4, -0.2) is 17.0 Å². The molecule has 1 heterocycles. The Morgan fingerprint density at radius 3 is 2.44 bits per heavy atom. The van der Waals surface area contributed by atoms with E-state index in [9.17, 15) is 5.11 Å². The number of hydrogen-bond donors (Lipinski definition) is 1. The van der Waals surface area contributed by atoms with E-state index in [0.717, 1.165) is 18.8 Å². The van der Waals surface area contributed by atoms with E-state index in [1.807, 2.05) is 0 Å². The quantitative estimate of drug-likeness (QED) is 0.712. The van der Waals surface area contributed by atoms with Gasteiger partial charge in [0.25, 0.3) is 0 Å². The van der Waals surface area contributed by atoms with Gasteiger partial charge in [-0.3, -0.25) is 0 Å². The molecule has 0 amide bonds. The Morgan fingerprint density at radius 1 is 1.00 bits per heavy atom. The van der Waals surface area contributed by atoms with Crippen LogP contribution >= 0.6 is 0 Å². The highest BCUT2D eigenvalue weighted by atomic mass is 16.6. The van der Waals surface area contributed by atoms with Crippen LogP contribution in [0.5, 0.6) is 0 Å². The lowest BCUT2D eigenvalue weighted by Gasteiger charge is -2.60. The summed E-state index contributed by atoms with van der Waals surface area (Å²) in [6.07, 6.45) is 6.72. The molecule has 0 aromatic carbocycles. The van der Waals surface area contributed by atoms with Crippen molar-refractivity contribution in [2.75, 3.05) is 0 Å². The Balaban J connectivity index is 1.98. The van der Waals surface area contributed by atoms with Crippen molar-refractivity contribution >= 4 is 0 Å². The molecule has 0 radical (unpaired) electrons. The zero-order valence-electron chi connectivity index (χ0n) is 12.3. The second-order valence-electron chi connectivity index (χ2n) is 8.11. The van der Waals surface area contributed by atoms with E-state index >= 15 is 0 Å². The summed E-state index contributed by atoms with van der Waals surface area (Å²) in [4.78, 5) is 0. The van der Waals surface area contributed by atoms with E-state index in [0.29, 0.717) is 16.7 Å². The average Bonchev–Trinajstić information content (AvgIpc) is 2.53. The first-order valence-corrected chi connectivity index (χ1v) is 7.64. The van der Waals surface area contributed by atoms with E-state index in [2.05, 4.69) is 27.7 Å².